The van der Waals surface area contributed by atoms with E-state index in [1.54, 1.807) is 57.4 Å². The van der Waals surface area contributed by atoms with Gasteiger partial charge >= 0.3 is 13.7 Å². The summed E-state index contributed by atoms with van der Waals surface area (Å²) in [5.41, 5.74) is 7.08. The van der Waals surface area contributed by atoms with Gasteiger partial charge in [-0.05, 0) is 18.1 Å². The highest BCUT2D eigenvalue weighted by atomic mass is 31.2. The number of nitrogens with zero attached hydrogens (tertiary/aromatic N) is 5. The number of benzene rings is 1. The first-order valence-corrected chi connectivity index (χ1v) is 14.4. The van der Waals surface area contributed by atoms with E-state index in [1.807, 2.05) is 0 Å². The molecule has 0 aliphatic carbocycles. The quantitative estimate of drug-likeness (QED) is 0.194. The number of hydrazone groups is 1. The summed E-state index contributed by atoms with van der Waals surface area (Å²) in [4.78, 5) is 21.0. The smallest absolute Gasteiger partial charge is 0.459 e. The molecule has 3 aromatic rings. The van der Waals surface area contributed by atoms with Crippen molar-refractivity contribution in [1.82, 2.24) is 19.6 Å². The Balaban J connectivity index is 1.39. The Morgan fingerprint density at radius 3 is 2.63 bits per heavy atom. The van der Waals surface area contributed by atoms with Gasteiger partial charge in [0, 0.05) is 18.8 Å². The van der Waals surface area contributed by atoms with Gasteiger partial charge in [0.15, 0.2) is 17.9 Å². The zero-order chi connectivity index (χ0) is 29.5. The highest BCUT2D eigenvalue weighted by molar-refractivity contribution is 7.52. The summed E-state index contributed by atoms with van der Waals surface area (Å²) in [5, 5.41) is 30.9. The number of aliphatic hydroxyl groups excluding tert-OH is 2. The average molecular weight is 590 g/mol. The van der Waals surface area contributed by atoms with Gasteiger partial charge in [-0.2, -0.15) is 10.2 Å². The monoisotopic (exact) mass is 589 g/mol. The zero-order valence-electron chi connectivity index (χ0n) is 22.8. The first-order chi connectivity index (χ1) is 19.5. The number of ether oxygens (including phenoxy) is 2. The van der Waals surface area contributed by atoms with E-state index in [4.69, 9.17) is 24.3 Å². The lowest BCUT2D eigenvalue weighted by Gasteiger charge is -2.27. The average Bonchev–Trinajstić information content (AvgIpc) is 3.47. The van der Waals surface area contributed by atoms with Crippen molar-refractivity contribution >= 4 is 36.4 Å². The first kappa shape index (κ1) is 28.9. The molecule has 1 saturated heterocycles. The van der Waals surface area contributed by atoms with Crippen LogP contribution in [0.1, 0.15) is 25.6 Å². The van der Waals surface area contributed by atoms with Gasteiger partial charge in [-0.25, -0.2) is 19.5 Å². The van der Waals surface area contributed by atoms with Crippen LogP contribution in [0.5, 0.6) is 5.75 Å². The fourth-order valence-electron chi connectivity index (χ4n) is 4.71. The number of rotatable bonds is 10. The molecule has 41 heavy (non-hydrogen) atoms. The van der Waals surface area contributed by atoms with Crippen molar-refractivity contribution in [2.75, 3.05) is 25.8 Å². The minimum atomic E-state index is -4.25. The van der Waals surface area contributed by atoms with Gasteiger partial charge in [0.25, 0.3) is 0 Å². The van der Waals surface area contributed by atoms with Crippen molar-refractivity contribution in [2.24, 2.45) is 16.8 Å². The van der Waals surface area contributed by atoms with Crippen LogP contribution in [-0.4, -0.2) is 81.7 Å². The van der Waals surface area contributed by atoms with Crippen molar-refractivity contribution in [2.45, 2.75) is 44.4 Å². The molecule has 1 aromatic carbocycles. The molecular weight excluding hydrogens is 557 g/mol. The highest BCUT2D eigenvalue weighted by Crippen LogP contribution is 2.47. The van der Waals surface area contributed by atoms with Crippen molar-refractivity contribution in [3.63, 3.8) is 0 Å². The summed E-state index contributed by atoms with van der Waals surface area (Å²) in [5.74, 6) is -0.0317. The summed E-state index contributed by atoms with van der Waals surface area (Å²) >= 11 is 0. The van der Waals surface area contributed by atoms with Crippen molar-refractivity contribution in [1.29, 1.82) is 0 Å². The van der Waals surface area contributed by atoms with Crippen LogP contribution >= 0.6 is 7.75 Å². The number of para-hydroxylation sites is 1. The van der Waals surface area contributed by atoms with E-state index in [2.05, 4.69) is 20.2 Å². The van der Waals surface area contributed by atoms with Gasteiger partial charge in [-0.1, -0.05) is 32.0 Å². The number of nitrogens with two attached hydrogens (primary N) is 1. The number of carbonyl (C=O) groups excluding carboxylic acids is 1. The number of carbonyl (C=O) groups is 1. The Morgan fingerprint density at radius 1 is 1.22 bits per heavy atom. The number of aliphatic hydroxyl groups is 2. The van der Waals surface area contributed by atoms with E-state index in [-0.39, 0.29) is 17.5 Å². The molecular formula is C25H32N7O8P. The van der Waals surface area contributed by atoms with Gasteiger partial charge in [-0.15, -0.1) is 0 Å². The predicted molar refractivity (Wildman–Crippen MR) is 147 cm³/mol. The van der Waals surface area contributed by atoms with Gasteiger partial charge in [-0.3, -0.25) is 9.32 Å². The maximum absolute atomic E-state index is 13.9. The van der Waals surface area contributed by atoms with E-state index in [0.29, 0.717) is 22.4 Å². The number of hydrogen-bond acceptors (Lipinski definition) is 13. The largest absolute Gasteiger partial charge is 0.468 e. The van der Waals surface area contributed by atoms with Gasteiger partial charge in [0.2, 0.25) is 0 Å². The lowest BCUT2D eigenvalue weighted by atomic mass is 10.1. The number of hydrogen-bond donors (Lipinski definition) is 4. The molecule has 5 rings (SSSR count). The number of methoxy groups -OCH3 is 1. The maximum atomic E-state index is 13.9. The molecule has 220 valence electrons. The van der Waals surface area contributed by atoms with Crippen LogP contribution < -0.4 is 20.4 Å². The molecule has 0 radical (unpaired) electrons. The molecule has 0 bridgehead atoms. The molecule has 5 N–H and O–H groups in total. The van der Waals surface area contributed by atoms with E-state index in [0.717, 1.165) is 0 Å². The number of amidine groups is 1. The van der Waals surface area contributed by atoms with Crippen LogP contribution in [0, 0.1) is 5.92 Å². The van der Waals surface area contributed by atoms with Crippen LogP contribution in [0.2, 0.25) is 0 Å². The summed E-state index contributed by atoms with van der Waals surface area (Å²) in [6.07, 6.45) is -2.13. The lowest BCUT2D eigenvalue weighted by molar-refractivity contribution is -0.143. The fraction of sp³-hybridized carbons (Fsp3) is 0.440. The lowest BCUT2D eigenvalue weighted by Crippen LogP contribution is -2.42. The molecule has 15 nitrogen and oxygen atoms in total. The van der Waals surface area contributed by atoms with Crippen LogP contribution in [0.25, 0.3) is 11.0 Å². The summed E-state index contributed by atoms with van der Waals surface area (Å²) in [6, 6.07) is 7.24. The standard InChI is InChI=1S/C25H32N7O8P/c1-13(2)18(25(35)37-4)30-41(36,40-14-8-6-5-7-9-14)38-11-16-19(33)20(34)24(39-16)32-10-15-17-22(27-12-28-23(17)32)31(3)29-21(15)26/h5-10,12-13,16,18-20,24,33-34H,11H2,1-4H3,(H2,26,29)(H,30,36)/t16-,18?,19?,20?,24-,41?/m1/s1. The van der Waals surface area contributed by atoms with Crippen LogP contribution in [0.4, 0.5) is 5.82 Å². The molecule has 0 amide bonds. The third-order valence-corrected chi connectivity index (χ3v) is 8.37. The summed E-state index contributed by atoms with van der Waals surface area (Å²) in [7, 11) is -1.34. The molecule has 6 atom stereocenters. The predicted octanol–water partition coefficient (Wildman–Crippen LogP) is 1.11. The molecule has 0 saturated carbocycles. The summed E-state index contributed by atoms with van der Waals surface area (Å²) in [6.45, 7) is 3.02. The van der Waals surface area contributed by atoms with Crippen molar-refractivity contribution < 1.29 is 38.1 Å². The summed E-state index contributed by atoms with van der Waals surface area (Å²) < 4.78 is 37.7. The molecule has 4 heterocycles. The number of esters is 1. The second-order valence-electron chi connectivity index (χ2n) is 9.97. The fourth-order valence-corrected chi connectivity index (χ4v) is 6.38. The van der Waals surface area contributed by atoms with E-state index in [1.165, 1.54) is 23.0 Å². The van der Waals surface area contributed by atoms with Crippen LogP contribution in [-0.2, 0) is 23.4 Å². The van der Waals surface area contributed by atoms with E-state index < -0.39 is 50.9 Å². The van der Waals surface area contributed by atoms with Crippen LogP contribution in [0.15, 0.2) is 48.0 Å². The third-order valence-electron chi connectivity index (χ3n) is 6.84. The zero-order valence-corrected chi connectivity index (χ0v) is 23.7. The van der Waals surface area contributed by atoms with Crippen molar-refractivity contribution in [3.8, 4) is 5.75 Å². The second-order valence-corrected chi connectivity index (χ2v) is 11.7. The molecule has 0 spiro atoms. The van der Waals surface area contributed by atoms with Crippen LogP contribution in [0.3, 0.4) is 0 Å². The minimum Gasteiger partial charge on any atom is -0.468 e. The number of aromatic nitrogens is 3. The van der Waals surface area contributed by atoms with E-state index in [9.17, 15) is 19.6 Å². The number of nitrogens with one attached hydrogen (secondary N) is 1. The van der Waals surface area contributed by atoms with Gasteiger partial charge in [0.1, 0.15) is 42.1 Å². The Bertz CT molecular complexity index is 1500. The Hall–Kier alpha value is -3.59. The topological polar surface area (TPSA) is 196 Å². The first-order valence-electron chi connectivity index (χ1n) is 12.8. The molecule has 2 aliphatic rings. The van der Waals surface area contributed by atoms with Gasteiger partial charge in [0.05, 0.1) is 19.1 Å². The van der Waals surface area contributed by atoms with Crippen molar-refractivity contribution in [3.05, 3.63) is 48.4 Å². The second kappa shape index (κ2) is 11.4. The molecule has 2 aliphatic heterocycles. The Kier molecular flexibility index (Phi) is 8.01. The van der Waals surface area contributed by atoms with Gasteiger partial charge < -0.3 is 34.5 Å². The Labute approximate surface area is 235 Å². The normalized spacial score (nSPS) is 24.3. The molecule has 2 aromatic heterocycles. The number of anilines is 1. The molecule has 16 heteroatoms. The third kappa shape index (κ3) is 5.52. The minimum absolute atomic E-state index is 0.220. The molecule has 1 fully saturated rings. The Morgan fingerprint density at radius 2 is 1.95 bits per heavy atom. The SMILES string of the molecule is COC(=O)C(NP(=O)(OC[C@H]1O[C@@H](n2cc3c4c(ncnc42)N(C)N=C3N)C(O)C1O)Oc1ccccc1)C(C)C. The molecule has 4 unspecified atom stereocenters. The highest BCUT2D eigenvalue weighted by Gasteiger charge is 2.46. The maximum Gasteiger partial charge on any atom is 0.459 e. The van der Waals surface area contributed by atoms with E-state index >= 15 is 0 Å².